The molecule has 0 fully saturated rings. The minimum atomic E-state index is -3.94. The van der Waals surface area contributed by atoms with Crippen molar-refractivity contribution in [3.05, 3.63) is 34.2 Å². The van der Waals surface area contributed by atoms with Gasteiger partial charge in [0, 0.05) is 11.5 Å². The van der Waals surface area contributed by atoms with Gasteiger partial charge in [-0.05, 0) is 0 Å². The molecule has 0 bridgehead atoms. The molecule has 0 radical (unpaired) electrons. The van der Waals surface area contributed by atoms with Gasteiger partial charge in [-0.1, -0.05) is 6.58 Å². The minimum absolute atomic E-state index is 0.0761. The molecule has 1 aromatic rings. The normalized spacial score (nSPS) is 10.8. The van der Waals surface area contributed by atoms with Crippen molar-refractivity contribution >= 4 is 15.5 Å². The molecule has 7 nitrogen and oxygen atoms in total. The summed E-state index contributed by atoms with van der Waals surface area (Å²) in [5, 5.41) is 11.5. The maximum Gasteiger partial charge on any atom is 0.292 e. The molecular formula is C10H11NO6S. The van der Waals surface area contributed by atoms with Gasteiger partial charge in [0.2, 0.25) is 9.84 Å². The maximum atomic E-state index is 11.7. The largest absolute Gasteiger partial charge is 0.493 e. The average molecular weight is 273 g/mol. The minimum Gasteiger partial charge on any atom is -0.493 e. The number of methoxy groups -OCH3 is 2. The van der Waals surface area contributed by atoms with E-state index in [0.717, 1.165) is 12.1 Å². The van der Waals surface area contributed by atoms with Crippen LogP contribution >= 0.6 is 0 Å². The van der Waals surface area contributed by atoms with Crippen molar-refractivity contribution in [2.45, 2.75) is 4.90 Å². The average Bonchev–Trinajstić information content (AvgIpc) is 2.36. The molecule has 8 heteroatoms. The van der Waals surface area contributed by atoms with Gasteiger partial charge in [-0.2, -0.15) is 0 Å². The number of rotatable bonds is 5. The van der Waals surface area contributed by atoms with Crippen molar-refractivity contribution in [2.24, 2.45) is 0 Å². The Morgan fingerprint density at radius 1 is 1.28 bits per heavy atom. The fraction of sp³-hybridized carbons (Fsp3) is 0.200. The number of nitrogens with zero attached hydrogens (tertiary/aromatic N) is 1. The zero-order valence-electron chi connectivity index (χ0n) is 9.74. The molecule has 0 aromatic heterocycles. The highest BCUT2D eigenvalue weighted by Crippen LogP contribution is 2.37. The summed E-state index contributed by atoms with van der Waals surface area (Å²) in [6, 6.07) is 2.03. The zero-order valence-corrected chi connectivity index (χ0v) is 10.6. The Balaban J connectivity index is 3.69. The summed E-state index contributed by atoms with van der Waals surface area (Å²) < 4.78 is 33.1. The lowest BCUT2D eigenvalue weighted by Gasteiger charge is -2.09. The smallest absolute Gasteiger partial charge is 0.292 e. The van der Waals surface area contributed by atoms with Crippen LogP contribution in [0.3, 0.4) is 0 Å². The predicted molar refractivity (Wildman–Crippen MR) is 63.6 cm³/mol. The highest BCUT2D eigenvalue weighted by atomic mass is 32.2. The second-order valence-corrected chi connectivity index (χ2v) is 5.01. The standard InChI is InChI=1S/C10H11NO6S/c1-4-18(14,15)10-6-9(17-3)8(16-2)5-7(10)11(12)13/h4-6H,1H2,2-3H3. The van der Waals surface area contributed by atoms with E-state index < -0.39 is 25.3 Å². The van der Waals surface area contributed by atoms with E-state index in [1.54, 1.807) is 0 Å². The molecule has 0 saturated carbocycles. The Morgan fingerprint density at radius 2 is 1.78 bits per heavy atom. The summed E-state index contributed by atoms with van der Waals surface area (Å²) >= 11 is 0. The van der Waals surface area contributed by atoms with E-state index in [1.165, 1.54) is 14.2 Å². The Morgan fingerprint density at radius 3 is 2.17 bits per heavy atom. The summed E-state index contributed by atoms with van der Waals surface area (Å²) in [6.45, 7) is 3.12. The van der Waals surface area contributed by atoms with E-state index in [0.29, 0.717) is 5.41 Å². The van der Waals surface area contributed by atoms with Gasteiger partial charge < -0.3 is 9.47 Å². The molecule has 0 aliphatic rings. The predicted octanol–water partition coefficient (Wildman–Crippen LogP) is 1.53. The lowest BCUT2D eigenvalue weighted by Crippen LogP contribution is -2.03. The van der Waals surface area contributed by atoms with Crippen molar-refractivity contribution in [2.75, 3.05) is 14.2 Å². The van der Waals surface area contributed by atoms with Gasteiger partial charge in [0.15, 0.2) is 16.4 Å². The fourth-order valence-corrected chi connectivity index (χ4v) is 2.19. The zero-order chi connectivity index (χ0) is 13.9. The third-order valence-electron chi connectivity index (χ3n) is 2.19. The summed E-state index contributed by atoms with van der Waals surface area (Å²) in [7, 11) is -1.35. The second kappa shape index (κ2) is 5.05. The van der Waals surface area contributed by atoms with E-state index in [1.807, 2.05) is 0 Å². The highest BCUT2D eigenvalue weighted by Gasteiger charge is 2.27. The molecule has 0 heterocycles. The number of ether oxygens (including phenoxy) is 2. The molecule has 18 heavy (non-hydrogen) atoms. The van der Waals surface area contributed by atoms with Crippen LogP contribution in [0.1, 0.15) is 0 Å². The van der Waals surface area contributed by atoms with Gasteiger partial charge in [0.05, 0.1) is 25.2 Å². The molecule has 0 amide bonds. The first-order chi connectivity index (χ1) is 8.37. The van der Waals surface area contributed by atoms with Crippen LogP contribution < -0.4 is 9.47 Å². The van der Waals surface area contributed by atoms with Gasteiger partial charge in [0.1, 0.15) is 0 Å². The monoisotopic (exact) mass is 273 g/mol. The molecule has 0 aliphatic heterocycles. The second-order valence-electron chi connectivity index (χ2n) is 3.14. The van der Waals surface area contributed by atoms with Crippen molar-refractivity contribution in [1.29, 1.82) is 0 Å². The maximum absolute atomic E-state index is 11.7. The molecular weight excluding hydrogens is 262 g/mol. The summed E-state index contributed by atoms with van der Waals surface area (Å²) in [4.78, 5) is 9.57. The van der Waals surface area contributed by atoms with E-state index in [4.69, 9.17) is 9.47 Å². The van der Waals surface area contributed by atoms with E-state index in [2.05, 4.69) is 6.58 Å². The molecule has 0 spiro atoms. The number of sulfone groups is 1. The van der Waals surface area contributed by atoms with Crippen LogP contribution in [0, 0.1) is 10.1 Å². The molecule has 1 rings (SSSR count). The number of hydrogen-bond donors (Lipinski definition) is 0. The Labute approximate surface area is 104 Å². The van der Waals surface area contributed by atoms with Crippen LogP contribution in [-0.2, 0) is 9.84 Å². The Bertz CT molecular complexity index is 593. The van der Waals surface area contributed by atoms with Crippen molar-refractivity contribution in [3.63, 3.8) is 0 Å². The third kappa shape index (κ3) is 2.43. The highest BCUT2D eigenvalue weighted by molar-refractivity contribution is 7.94. The number of nitro benzene ring substituents is 1. The third-order valence-corrected chi connectivity index (χ3v) is 3.57. The fourth-order valence-electron chi connectivity index (χ4n) is 1.31. The summed E-state index contributed by atoms with van der Waals surface area (Å²) in [6.07, 6.45) is 0. The van der Waals surface area contributed by atoms with E-state index in [-0.39, 0.29) is 11.5 Å². The van der Waals surface area contributed by atoms with Gasteiger partial charge in [0.25, 0.3) is 5.69 Å². The van der Waals surface area contributed by atoms with Crippen LogP contribution in [0.15, 0.2) is 29.0 Å². The molecule has 0 N–H and O–H groups in total. The molecule has 0 unspecified atom stereocenters. The number of nitro groups is 1. The van der Waals surface area contributed by atoms with Gasteiger partial charge in [-0.25, -0.2) is 8.42 Å². The first-order valence-electron chi connectivity index (χ1n) is 4.65. The lowest BCUT2D eigenvalue weighted by atomic mass is 10.3. The lowest BCUT2D eigenvalue weighted by molar-refractivity contribution is -0.387. The summed E-state index contributed by atoms with van der Waals surface area (Å²) in [5.74, 6) is 0.163. The molecule has 98 valence electrons. The van der Waals surface area contributed by atoms with Crippen LogP contribution in [0.2, 0.25) is 0 Å². The van der Waals surface area contributed by atoms with Crippen molar-refractivity contribution in [3.8, 4) is 11.5 Å². The molecule has 0 saturated heterocycles. The van der Waals surface area contributed by atoms with Crippen molar-refractivity contribution in [1.82, 2.24) is 0 Å². The molecule has 1 aromatic carbocycles. The molecule has 0 atom stereocenters. The Kier molecular flexibility index (Phi) is 3.92. The molecule has 0 aliphatic carbocycles. The van der Waals surface area contributed by atoms with E-state index in [9.17, 15) is 18.5 Å². The number of benzene rings is 1. The van der Waals surface area contributed by atoms with Crippen LogP contribution in [0.5, 0.6) is 11.5 Å². The van der Waals surface area contributed by atoms with E-state index >= 15 is 0 Å². The Hall–Kier alpha value is -2.09. The van der Waals surface area contributed by atoms with Crippen LogP contribution in [-0.4, -0.2) is 27.6 Å². The number of hydrogen-bond acceptors (Lipinski definition) is 6. The van der Waals surface area contributed by atoms with Crippen molar-refractivity contribution < 1.29 is 22.8 Å². The van der Waals surface area contributed by atoms with Crippen LogP contribution in [0.4, 0.5) is 5.69 Å². The topological polar surface area (TPSA) is 95.7 Å². The first-order valence-corrected chi connectivity index (χ1v) is 6.20. The van der Waals surface area contributed by atoms with Gasteiger partial charge in [-0.15, -0.1) is 0 Å². The first kappa shape index (κ1) is 14.0. The van der Waals surface area contributed by atoms with Gasteiger partial charge >= 0.3 is 0 Å². The van der Waals surface area contributed by atoms with Gasteiger partial charge in [-0.3, -0.25) is 10.1 Å². The quantitative estimate of drug-likeness (QED) is 0.596. The summed E-state index contributed by atoms with van der Waals surface area (Å²) in [5.41, 5.74) is -0.590. The van der Waals surface area contributed by atoms with Crippen LogP contribution in [0.25, 0.3) is 0 Å². The SMILES string of the molecule is C=CS(=O)(=O)c1cc(OC)c(OC)cc1[N+](=O)[O-].